The first-order chi connectivity index (χ1) is 5.11. The van der Waals surface area contributed by atoms with Gasteiger partial charge >= 0.3 is 0 Å². The minimum Gasteiger partial charge on any atom is -0.337 e. The SMILES string of the molecule is Cc1c[nH]c(=S)n1CC(F)F. The predicted molar refractivity (Wildman–Crippen MR) is 40.4 cm³/mol. The van der Waals surface area contributed by atoms with Crippen LogP contribution in [0.4, 0.5) is 8.78 Å². The Morgan fingerprint density at radius 2 is 2.36 bits per heavy atom. The summed E-state index contributed by atoms with van der Waals surface area (Å²) in [6.45, 7) is 1.41. The second kappa shape index (κ2) is 3.13. The summed E-state index contributed by atoms with van der Waals surface area (Å²) >= 11 is 4.77. The van der Waals surface area contributed by atoms with Gasteiger partial charge in [0, 0.05) is 11.9 Å². The number of nitrogens with one attached hydrogen (secondary N) is 1. The second-order valence-corrected chi connectivity index (χ2v) is 2.62. The van der Waals surface area contributed by atoms with Crippen molar-refractivity contribution >= 4 is 12.2 Å². The first-order valence-corrected chi connectivity index (χ1v) is 3.55. The third-order valence-corrected chi connectivity index (χ3v) is 1.73. The molecule has 1 aromatic rings. The first-order valence-electron chi connectivity index (χ1n) is 3.14. The van der Waals surface area contributed by atoms with E-state index in [1.54, 1.807) is 13.1 Å². The number of alkyl halides is 2. The average molecular weight is 178 g/mol. The van der Waals surface area contributed by atoms with Crippen LogP contribution < -0.4 is 0 Å². The summed E-state index contributed by atoms with van der Waals surface area (Å²) in [6.07, 6.45) is -0.735. The lowest BCUT2D eigenvalue weighted by Crippen LogP contribution is -2.07. The van der Waals surface area contributed by atoms with E-state index >= 15 is 0 Å². The molecule has 0 aliphatic carbocycles. The molecule has 0 saturated carbocycles. The van der Waals surface area contributed by atoms with E-state index in [2.05, 4.69) is 4.98 Å². The first kappa shape index (κ1) is 8.39. The van der Waals surface area contributed by atoms with Crippen molar-refractivity contribution in [3.63, 3.8) is 0 Å². The van der Waals surface area contributed by atoms with Crippen LogP contribution in [0.15, 0.2) is 6.20 Å². The number of imidazole rings is 1. The summed E-state index contributed by atoms with van der Waals surface area (Å²) in [7, 11) is 0. The molecule has 1 N–H and O–H groups in total. The zero-order valence-corrected chi connectivity index (χ0v) is 6.79. The van der Waals surface area contributed by atoms with Gasteiger partial charge in [-0.3, -0.25) is 0 Å². The van der Waals surface area contributed by atoms with Crippen molar-refractivity contribution in [3.8, 4) is 0 Å². The van der Waals surface area contributed by atoms with E-state index in [-0.39, 0.29) is 6.54 Å². The van der Waals surface area contributed by atoms with Crippen LogP contribution in [-0.2, 0) is 6.54 Å². The molecule has 0 bridgehead atoms. The molecule has 0 saturated heterocycles. The summed E-state index contributed by atoms with van der Waals surface area (Å²) in [5.41, 5.74) is 0.732. The van der Waals surface area contributed by atoms with Crippen LogP contribution in [0, 0.1) is 11.7 Å². The molecule has 1 heterocycles. The fraction of sp³-hybridized carbons (Fsp3) is 0.500. The smallest absolute Gasteiger partial charge is 0.256 e. The molecule has 1 rings (SSSR count). The Morgan fingerprint density at radius 1 is 1.73 bits per heavy atom. The molecule has 11 heavy (non-hydrogen) atoms. The van der Waals surface area contributed by atoms with Gasteiger partial charge in [-0.05, 0) is 19.1 Å². The van der Waals surface area contributed by atoms with E-state index in [0.717, 1.165) is 5.69 Å². The molecule has 1 aromatic heterocycles. The van der Waals surface area contributed by atoms with Crippen molar-refractivity contribution in [2.75, 3.05) is 0 Å². The molecule has 0 aliphatic rings. The number of aromatic amines is 1. The Labute approximate surface area is 67.9 Å². The molecule has 0 unspecified atom stereocenters. The summed E-state index contributed by atoms with van der Waals surface area (Å²) in [5.74, 6) is 0. The van der Waals surface area contributed by atoms with Crippen LogP contribution in [0.1, 0.15) is 5.69 Å². The lowest BCUT2D eigenvalue weighted by atomic mass is 10.5. The molecule has 2 nitrogen and oxygen atoms in total. The predicted octanol–water partition coefficient (Wildman–Crippen LogP) is 2.12. The largest absolute Gasteiger partial charge is 0.337 e. The maximum absolute atomic E-state index is 11.9. The Hall–Kier alpha value is -0.710. The number of aryl methyl sites for hydroxylation is 1. The molecule has 0 atom stereocenters. The fourth-order valence-corrected chi connectivity index (χ4v) is 1.12. The molecule has 0 fully saturated rings. The Balaban J connectivity index is 2.92. The van der Waals surface area contributed by atoms with Crippen molar-refractivity contribution in [2.24, 2.45) is 0 Å². The summed E-state index contributed by atoms with van der Waals surface area (Å²) < 4.78 is 25.5. The number of hydrogen-bond donors (Lipinski definition) is 1. The maximum Gasteiger partial charge on any atom is 0.256 e. The van der Waals surface area contributed by atoms with Gasteiger partial charge in [0.1, 0.15) is 0 Å². The molecule has 62 valence electrons. The molecule has 0 aromatic carbocycles. The van der Waals surface area contributed by atoms with E-state index < -0.39 is 6.43 Å². The van der Waals surface area contributed by atoms with Crippen LogP contribution in [0.25, 0.3) is 0 Å². The lowest BCUT2D eigenvalue weighted by Gasteiger charge is -2.02. The van der Waals surface area contributed by atoms with Crippen LogP contribution in [-0.4, -0.2) is 16.0 Å². The average Bonchev–Trinajstić information content (AvgIpc) is 2.18. The van der Waals surface area contributed by atoms with E-state index in [4.69, 9.17) is 12.2 Å². The summed E-state index contributed by atoms with van der Waals surface area (Å²) in [6, 6.07) is 0. The quantitative estimate of drug-likeness (QED) is 0.688. The second-order valence-electron chi connectivity index (χ2n) is 2.24. The van der Waals surface area contributed by atoms with E-state index in [1.807, 2.05) is 0 Å². The van der Waals surface area contributed by atoms with Gasteiger partial charge < -0.3 is 9.55 Å². The highest BCUT2D eigenvalue weighted by Crippen LogP contribution is 2.04. The Bertz CT molecular complexity index is 289. The fourth-order valence-electron chi connectivity index (χ4n) is 0.847. The van der Waals surface area contributed by atoms with Crippen molar-refractivity contribution in [1.82, 2.24) is 9.55 Å². The molecular formula is C6H8F2N2S. The van der Waals surface area contributed by atoms with Gasteiger partial charge in [0.15, 0.2) is 4.77 Å². The van der Waals surface area contributed by atoms with Crippen LogP contribution in [0.3, 0.4) is 0 Å². The van der Waals surface area contributed by atoms with Crippen LogP contribution in [0.5, 0.6) is 0 Å². The molecular weight excluding hydrogens is 170 g/mol. The third kappa shape index (κ3) is 1.86. The number of rotatable bonds is 2. The topological polar surface area (TPSA) is 20.7 Å². The zero-order chi connectivity index (χ0) is 8.43. The van der Waals surface area contributed by atoms with E-state index in [9.17, 15) is 8.78 Å². The standard InChI is InChI=1S/C6H8F2N2S/c1-4-2-9-6(11)10(4)3-5(7)8/h2,5H,3H2,1H3,(H,9,11). The van der Waals surface area contributed by atoms with Gasteiger partial charge in [0.05, 0.1) is 6.54 Å². The zero-order valence-electron chi connectivity index (χ0n) is 5.97. The van der Waals surface area contributed by atoms with Crippen molar-refractivity contribution < 1.29 is 8.78 Å². The highest BCUT2D eigenvalue weighted by Gasteiger charge is 2.06. The van der Waals surface area contributed by atoms with Crippen molar-refractivity contribution in [2.45, 2.75) is 19.9 Å². The number of nitrogens with zero attached hydrogens (tertiary/aromatic N) is 1. The van der Waals surface area contributed by atoms with Gasteiger partial charge in [-0.2, -0.15) is 0 Å². The third-order valence-electron chi connectivity index (χ3n) is 1.40. The molecule has 0 spiro atoms. The van der Waals surface area contributed by atoms with Gasteiger partial charge in [0.2, 0.25) is 0 Å². The highest BCUT2D eigenvalue weighted by molar-refractivity contribution is 7.71. The maximum atomic E-state index is 11.9. The normalized spacial score (nSPS) is 10.9. The van der Waals surface area contributed by atoms with E-state index in [1.165, 1.54) is 4.57 Å². The number of halogens is 2. The Morgan fingerprint density at radius 3 is 2.73 bits per heavy atom. The van der Waals surface area contributed by atoms with Crippen molar-refractivity contribution in [3.05, 3.63) is 16.7 Å². The lowest BCUT2D eigenvalue weighted by molar-refractivity contribution is 0.125. The molecule has 5 heteroatoms. The molecule has 0 aliphatic heterocycles. The highest BCUT2D eigenvalue weighted by atomic mass is 32.1. The molecule has 0 radical (unpaired) electrons. The van der Waals surface area contributed by atoms with E-state index in [0.29, 0.717) is 4.77 Å². The van der Waals surface area contributed by atoms with Gasteiger partial charge in [0.25, 0.3) is 6.43 Å². The van der Waals surface area contributed by atoms with Gasteiger partial charge in [-0.15, -0.1) is 0 Å². The summed E-state index contributed by atoms with van der Waals surface area (Å²) in [4.78, 5) is 2.69. The van der Waals surface area contributed by atoms with Gasteiger partial charge in [-0.1, -0.05) is 0 Å². The minimum atomic E-state index is -2.35. The monoisotopic (exact) mass is 178 g/mol. The molecule has 0 amide bonds. The number of hydrogen-bond acceptors (Lipinski definition) is 1. The van der Waals surface area contributed by atoms with Crippen molar-refractivity contribution in [1.29, 1.82) is 0 Å². The Kier molecular flexibility index (Phi) is 2.38. The summed E-state index contributed by atoms with van der Waals surface area (Å²) in [5, 5.41) is 0. The number of H-pyrrole nitrogens is 1. The van der Waals surface area contributed by atoms with Crippen LogP contribution in [0.2, 0.25) is 0 Å². The van der Waals surface area contributed by atoms with Gasteiger partial charge in [-0.25, -0.2) is 8.78 Å². The number of aromatic nitrogens is 2. The minimum absolute atomic E-state index is 0.325. The van der Waals surface area contributed by atoms with Crippen LogP contribution >= 0.6 is 12.2 Å².